The Kier molecular flexibility index (Phi) is 3.92. The first-order valence-corrected chi connectivity index (χ1v) is 5.62. The third kappa shape index (κ3) is 2.95. The van der Waals surface area contributed by atoms with Crippen LogP contribution < -0.4 is 0 Å². The molecule has 0 aromatic rings. The number of hydrogen-bond donors (Lipinski definition) is 1. The average molecular weight is 224 g/mol. The standard InChI is InChI=1S/C13H20O3/c1-5-16-12(14)10(4)11-7-13(15,8-11)6-9(2)3/h6,15H,5,7-8H2,1-4H3. The van der Waals surface area contributed by atoms with Crippen molar-refractivity contribution in [1.82, 2.24) is 0 Å². The molecule has 0 amide bonds. The molecule has 0 bridgehead atoms. The normalized spacial score (nSPS) is 23.4. The molecular weight excluding hydrogens is 204 g/mol. The number of hydrogen-bond acceptors (Lipinski definition) is 3. The van der Waals surface area contributed by atoms with Crippen LogP contribution >= 0.6 is 0 Å². The molecule has 1 N–H and O–H groups in total. The Balaban J connectivity index is 2.66. The zero-order chi connectivity index (χ0) is 12.3. The summed E-state index contributed by atoms with van der Waals surface area (Å²) in [6, 6.07) is 0. The molecule has 0 atom stereocenters. The summed E-state index contributed by atoms with van der Waals surface area (Å²) in [4.78, 5) is 11.4. The van der Waals surface area contributed by atoms with Crippen LogP contribution in [0.3, 0.4) is 0 Å². The summed E-state index contributed by atoms with van der Waals surface area (Å²) in [5.74, 6) is -0.267. The molecule has 0 saturated heterocycles. The van der Waals surface area contributed by atoms with E-state index in [1.165, 1.54) is 0 Å². The van der Waals surface area contributed by atoms with E-state index in [0.717, 1.165) is 11.1 Å². The summed E-state index contributed by atoms with van der Waals surface area (Å²) in [6.07, 6.45) is 2.95. The minimum absolute atomic E-state index is 0.267. The molecule has 0 aliphatic heterocycles. The number of aliphatic hydroxyl groups is 1. The molecule has 90 valence electrons. The third-order valence-corrected chi connectivity index (χ3v) is 2.71. The van der Waals surface area contributed by atoms with Crippen LogP contribution in [0.2, 0.25) is 0 Å². The Morgan fingerprint density at radius 2 is 2.00 bits per heavy atom. The predicted octanol–water partition coefficient (Wildman–Crippen LogP) is 2.36. The Labute approximate surface area is 96.8 Å². The van der Waals surface area contributed by atoms with Crippen molar-refractivity contribution in [3.05, 3.63) is 22.8 Å². The van der Waals surface area contributed by atoms with E-state index >= 15 is 0 Å². The number of carbonyl (C=O) groups is 1. The van der Waals surface area contributed by atoms with Crippen LogP contribution in [0.15, 0.2) is 22.8 Å². The van der Waals surface area contributed by atoms with Gasteiger partial charge in [-0.05, 0) is 27.7 Å². The lowest BCUT2D eigenvalue weighted by molar-refractivity contribution is -0.138. The first kappa shape index (κ1) is 13.0. The van der Waals surface area contributed by atoms with Crippen molar-refractivity contribution in [3.63, 3.8) is 0 Å². The lowest BCUT2D eigenvalue weighted by Crippen LogP contribution is -2.38. The van der Waals surface area contributed by atoms with Gasteiger partial charge in [0.05, 0.1) is 12.2 Å². The zero-order valence-corrected chi connectivity index (χ0v) is 10.5. The summed E-state index contributed by atoms with van der Waals surface area (Å²) < 4.78 is 4.92. The van der Waals surface area contributed by atoms with Gasteiger partial charge < -0.3 is 9.84 Å². The van der Waals surface area contributed by atoms with Gasteiger partial charge in [-0.15, -0.1) is 0 Å². The first-order chi connectivity index (χ1) is 7.38. The van der Waals surface area contributed by atoms with Crippen LogP contribution in [-0.4, -0.2) is 23.3 Å². The highest BCUT2D eigenvalue weighted by molar-refractivity contribution is 5.89. The van der Waals surface area contributed by atoms with E-state index in [-0.39, 0.29) is 5.97 Å². The van der Waals surface area contributed by atoms with Crippen LogP contribution in [-0.2, 0) is 9.53 Å². The molecule has 1 aliphatic carbocycles. The van der Waals surface area contributed by atoms with Gasteiger partial charge in [0.1, 0.15) is 0 Å². The van der Waals surface area contributed by atoms with E-state index in [1.54, 1.807) is 13.8 Å². The van der Waals surface area contributed by atoms with Gasteiger partial charge in [0.15, 0.2) is 0 Å². The molecule has 3 nitrogen and oxygen atoms in total. The molecule has 3 heteroatoms. The van der Waals surface area contributed by atoms with Gasteiger partial charge in [-0.2, -0.15) is 0 Å². The SMILES string of the molecule is CCOC(=O)C(C)=C1CC(O)(C=C(C)C)C1. The second kappa shape index (κ2) is 4.83. The fraction of sp³-hybridized carbons (Fsp3) is 0.615. The number of allylic oxidation sites excluding steroid dienone is 1. The van der Waals surface area contributed by atoms with Gasteiger partial charge in [-0.3, -0.25) is 0 Å². The van der Waals surface area contributed by atoms with E-state index in [9.17, 15) is 9.90 Å². The van der Waals surface area contributed by atoms with Gasteiger partial charge in [-0.25, -0.2) is 4.79 Å². The highest BCUT2D eigenvalue weighted by Gasteiger charge is 2.38. The van der Waals surface area contributed by atoms with Crippen LogP contribution in [0.5, 0.6) is 0 Å². The molecule has 0 unspecified atom stereocenters. The number of rotatable bonds is 3. The van der Waals surface area contributed by atoms with E-state index in [4.69, 9.17) is 4.74 Å². The molecule has 0 heterocycles. The molecule has 1 fully saturated rings. The number of esters is 1. The molecule has 1 aliphatic rings. The van der Waals surface area contributed by atoms with Crippen LogP contribution in [0.4, 0.5) is 0 Å². The third-order valence-electron chi connectivity index (χ3n) is 2.71. The molecule has 16 heavy (non-hydrogen) atoms. The maximum absolute atomic E-state index is 11.4. The van der Waals surface area contributed by atoms with Crippen molar-refractivity contribution < 1.29 is 14.6 Å². The Morgan fingerprint density at radius 1 is 1.44 bits per heavy atom. The van der Waals surface area contributed by atoms with Gasteiger partial charge in [0.25, 0.3) is 0 Å². The lowest BCUT2D eigenvalue weighted by atomic mass is 9.73. The van der Waals surface area contributed by atoms with Crippen LogP contribution in [0.1, 0.15) is 40.5 Å². The number of carbonyl (C=O) groups excluding carboxylic acids is 1. The predicted molar refractivity (Wildman–Crippen MR) is 62.9 cm³/mol. The smallest absolute Gasteiger partial charge is 0.333 e. The maximum atomic E-state index is 11.4. The van der Waals surface area contributed by atoms with E-state index < -0.39 is 5.60 Å². The van der Waals surface area contributed by atoms with Crippen molar-refractivity contribution >= 4 is 5.97 Å². The van der Waals surface area contributed by atoms with Crippen molar-refractivity contribution in [2.45, 2.75) is 46.1 Å². The van der Waals surface area contributed by atoms with Crippen LogP contribution in [0, 0.1) is 0 Å². The minimum Gasteiger partial charge on any atom is -0.463 e. The molecule has 1 saturated carbocycles. The summed E-state index contributed by atoms with van der Waals surface area (Å²) >= 11 is 0. The molecular formula is C13H20O3. The Bertz CT molecular complexity index is 338. The summed E-state index contributed by atoms with van der Waals surface area (Å²) in [5, 5.41) is 10.0. The van der Waals surface area contributed by atoms with Gasteiger partial charge in [0, 0.05) is 18.4 Å². The topological polar surface area (TPSA) is 46.5 Å². The fourth-order valence-corrected chi connectivity index (χ4v) is 1.98. The molecule has 0 spiro atoms. The van der Waals surface area contributed by atoms with Gasteiger partial charge in [-0.1, -0.05) is 17.2 Å². The summed E-state index contributed by atoms with van der Waals surface area (Å²) in [5.41, 5.74) is 1.99. The monoisotopic (exact) mass is 224 g/mol. The highest BCUT2D eigenvalue weighted by atomic mass is 16.5. The zero-order valence-electron chi connectivity index (χ0n) is 10.5. The van der Waals surface area contributed by atoms with Gasteiger partial charge >= 0.3 is 5.97 Å². The second-order valence-corrected chi connectivity index (χ2v) is 4.63. The molecule has 1 rings (SSSR count). The summed E-state index contributed by atoms with van der Waals surface area (Å²) in [7, 11) is 0. The van der Waals surface area contributed by atoms with E-state index in [2.05, 4.69) is 0 Å². The minimum atomic E-state index is -0.748. The average Bonchev–Trinajstić information content (AvgIpc) is 2.12. The van der Waals surface area contributed by atoms with E-state index in [1.807, 2.05) is 19.9 Å². The van der Waals surface area contributed by atoms with Crippen molar-refractivity contribution in [2.75, 3.05) is 6.61 Å². The quantitative estimate of drug-likeness (QED) is 0.455. The van der Waals surface area contributed by atoms with E-state index in [0.29, 0.717) is 25.0 Å². The van der Waals surface area contributed by atoms with Crippen molar-refractivity contribution in [1.29, 1.82) is 0 Å². The summed E-state index contributed by atoms with van der Waals surface area (Å²) in [6.45, 7) is 7.85. The number of ether oxygens (including phenoxy) is 1. The maximum Gasteiger partial charge on any atom is 0.333 e. The first-order valence-electron chi connectivity index (χ1n) is 5.62. The fourth-order valence-electron chi connectivity index (χ4n) is 1.98. The van der Waals surface area contributed by atoms with Crippen molar-refractivity contribution in [3.8, 4) is 0 Å². The molecule has 0 radical (unpaired) electrons. The Hall–Kier alpha value is -1.09. The molecule has 0 aromatic carbocycles. The second-order valence-electron chi connectivity index (χ2n) is 4.63. The van der Waals surface area contributed by atoms with Gasteiger partial charge in [0.2, 0.25) is 0 Å². The largest absolute Gasteiger partial charge is 0.463 e. The molecule has 0 aromatic heterocycles. The Morgan fingerprint density at radius 3 is 2.44 bits per heavy atom. The lowest BCUT2D eigenvalue weighted by Gasteiger charge is -2.38. The van der Waals surface area contributed by atoms with Crippen LogP contribution in [0.25, 0.3) is 0 Å². The van der Waals surface area contributed by atoms with Crippen molar-refractivity contribution in [2.24, 2.45) is 0 Å². The highest BCUT2D eigenvalue weighted by Crippen LogP contribution is 2.40.